The Morgan fingerprint density at radius 1 is 0.800 bits per heavy atom. The summed E-state index contributed by atoms with van der Waals surface area (Å²) in [6, 6.07) is 0. The Hall–Kier alpha value is -0.0979. The van der Waals surface area contributed by atoms with Gasteiger partial charge in [0.15, 0.2) is 13.1 Å². The number of nitrogens with zero attached hydrogens (tertiary/aromatic N) is 2. The van der Waals surface area contributed by atoms with Crippen LogP contribution in [0.25, 0.3) is 0 Å². The summed E-state index contributed by atoms with van der Waals surface area (Å²) in [6.07, 6.45) is 0. The van der Waals surface area contributed by atoms with Gasteiger partial charge in [-0.25, -0.2) is 0 Å². The summed E-state index contributed by atoms with van der Waals surface area (Å²) in [7, 11) is 0. The van der Waals surface area contributed by atoms with Crippen LogP contribution in [0.4, 0.5) is 0 Å². The van der Waals surface area contributed by atoms with Gasteiger partial charge in [-0.15, -0.1) is 0 Å². The van der Waals surface area contributed by atoms with Crippen LogP contribution in [0.15, 0.2) is 0 Å². The van der Waals surface area contributed by atoms with Crippen LogP contribution in [0.1, 0.15) is 0 Å². The van der Waals surface area contributed by atoms with Gasteiger partial charge in [-0.2, -0.15) is 10.5 Å². The predicted molar refractivity (Wildman–Crippen MR) is 15.7 cm³/mol. The monoisotopic (exact) mass is 260 g/mol. The van der Waals surface area contributed by atoms with Gasteiger partial charge in [-0.1, -0.05) is 0 Å². The second-order valence-electron chi connectivity index (χ2n) is 0. The molecule has 0 aromatic heterocycles. The fourth-order valence-electron chi connectivity index (χ4n) is 0. The molecular formula is C2N2Pb. The van der Waals surface area contributed by atoms with Crippen LogP contribution in [0, 0.1) is 23.7 Å². The van der Waals surface area contributed by atoms with Gasteiger partial charge in [0.25, 0.3) is 0 Å². The van der Waals surface area contributed by atoms with Crippen LogP contribution in [-0.4, -0.2) is 27.3 Å². The van der Waals surface area contributed by atoms with Crippen LogP contribution >= 0.6 is 0 Å². The van der Waals surface area contributed by atoms with E-state index in [0.29, 0.717) is 0 Å². The molecule has 0 aromatic carbocycles. The van der Waals surface area contributed by atoms with Crippen LogP contribution in [0.2, 0.25) is 0 Å². The maximum absolute atomic E-state index is 6.25. The minimum absolute atomic E-state index is 0. The zero-order valence-corrected chi connectivity index (χ0v) is 6.28. The summed E-state index contributed by atoms with van der Waals surface area (Å²) in [5.41, 5.74) is 0. The van der Waals surface area contributed by atoms with Gasteiger partial charge >= 0.3 is 0 Å². The molecule has 0 fully saturated rings. The first kappa shape index (κ1) is 20.6. The Balaban J connectivity index is -0.0000000133. The number of hydrogen-bond acceptors (Lipinski definition) is 2. The first-order valence-corrected chi connectivity index (χ1v) is 0.447. The summed E-state index contributed by atoms with van der Waals surface area (Å²) >= 11 is 0. The standard InChI is InChI=1S/2CN.Pb/c2*1-2;. The summed E-state index contributed by atoms with van der Waals surface area (Å²) in [5, 5.41) is 12.5. The Labute approximate surface area is 51.2 Å². The van der Waals surface area contributed by atoms with Gasteiger partial charge in [0.05, 0.1) is 0 Å². The molecule has 0 aliphatic heterocycles. The van der Waals surface area contributed by atoms with E-state index in [2.05, 4.69) is 0 Å². The SMILES string of the molecule is [C]#N.[C]#N.[Pb]. The molecule has 0 unspecified atom stereocenters. The second-order valence-corrected chi connectivity index (χ2v) is 0. The predicted octanol–water partition coefficient (Wildman–Crippen LogP) is -0.188. The molecule has 0 aliphatic rings. The Morgan fingerprint density at radius 3 is 0.800 bits per heavy atom. The van der Waals surface area contributed by atoms with Gasteiger partial charge in [0, 0.05) is 27.3 Å². The van der Waals surface area contributed by atoms with Crippen molar-refractivity contribution in [2.75, 3.05) is 0 Å². The van der Waals surface area contributed by atoms with E-state index in [1.165, 1.54) is 0 Å². The van der Waals surface area contributed by atoms with Crippen molar-refractivity contribution >= 4 is 27.3 Å². The first-order chi connectivity index (χ1) is 2.00. The van der Waals surface area contributed by atoms with Crippen molar-refractivity contribution in [3.8, 4) is 0 Å². The third-order valence-corrected chi connectivity index (χ3v) is 0. The molecule has 0 bridgehead atoms. The molecule has 0 amide bonds. The smallest absolute Gasteiger partial charge is 0.181 e. The third-order valence-electron chi connectivity index (χ3n) is 0. The minimum Gasteiger partial charge on any atom is -0.181 e. The van der Waals surface area contributed by atoms with E-state index < -0.39 is 0 Å². The largest absolute Gasteiger partial charge is 0.181 e. The first-order valence-electron chi connectivity index (χ1n) is 0.447. The van der Waals surface area contributed by atoms with Gasteiger partial charge in [0.1, 0.15) is 0 Å². The number of hydrogen-bond donors (Lipinski definition) is 0. The van der Waals surface area contributed by atoms with E-state index in [1.54, 1.807) is 0 Å². The maximum atomic E-state index is 6.25. The van der Waals surface area contributed by atoms with Crippen molar-refractivity contribution in [3.05, 3.63) is 13.1 Å². The van der Waals surface area contributed by atoms with E-state index in [9.17, 15) is 0 Å². The molecule has 0 aliphatic carbocycles. The molecule has 0 rings (SSSR count). The molecule has 3 heteroatoms. The van der Waals surface area contributed by atoms with Crippen LogP contribution in [0.5, 0.6) is 0 Å². The van der Waals surface area contributed by atoms with Gasteiger partial charge in [-0.05, 0) is 0 Å². The molecule has 2 nitrogen and oxygen atoms in total. The van der Waals surface area contributed by atoms with Crippen LogP contribution in [-0.2, 0) is 0 Å². The Bertz CT molecular complexity index is 23.1. The zero-order valence-electron chi connectivity index (χ0n) is 2.39. The molecule has 0 atom stereocenters. The topological polar surface area (TPSA) is 47.6 Å². The summed E-state index contributed by atoms with van der Waals surface area (Å²) in [4.78, 5) is 0. The number of rotatable bonds is 0. The van der Waals surface area contributed by atoms with E-state index in [-0.39, 0.29) is 27.3 Å². The van der Waals surface area contributed by atoms with E-state index >= 15 is 0 Å². The molecule has 0 saturated carbocycles. The molecule has 6 radical (unpaired) electrons. The minimum atomic E-state index is 0. The van der Waals surface area contributed by atoms with Crippen LogP contribution < -0.4 is 0 Å². The van der Waals surface area contributed by atoms with E-state index in [4.69, 9.17) is 23.7 Å². The average molecular weight is 259 g/mol. The van der Waals surface area contributed by atoms with Crippen molar-refractivity contribution in [1.82, 2.24) is 0 Å². The van der Waals surface area contributed by atoms with Gasteiger partial charge < -0.3 is 0 Å². The molecule has 0 spiro atoms. The fourth-order valence-corrected chi connectivity index (χ4v) is 0. The van der Waals surface area contributed by atoms with Crippen molar-refractivity contribution in [3.63, 3.8) is 0 Å². The third kappa shape index (κ3) is 1470. The Morgan fingerprint density at radius 2 is 0.800 bits per heavy atom. The van der Waals surface area contributed by atoms with Crippen molar-refractivity contribution in [2.24, 2.45) is 0 Å². The molecule has 0 heterocycles. The van der Waals surface area contributed by atoms with Crippen molar-refractivity contribution in [2.45, 2.75) is 0 Å². The van der Waals surface area contributed by atoms with E-state index in [1.807, 2.05) is 0 Å². The van der Waals surface area contributed by atoms with Crippen molar-refractivity contribution in [1.29, 1.82) is 10.5 Å². The van der Waals surface area contributed by atoms with Crippen molar-refractivity contribution < 1.29 is 0 Å². The van der Waals surface area contributed by atoms with Crippen LogP contribution in [0.3, 0.4) is 0 Å². The quantitative estimate of drug-likeness (QED) is 0.566. The molecule has 0 saturated heterocycles. The van der Waals surface area contributed by atoms with Gasteiger partial charge in [0.2, 0.25) is 0 Å². The molecule has 0 N–H and O–H groups in total. The molecular weight excluding hydrogens is 259 g/mol. The molecule has 5 heavy (non-hydrogen) atoms. The summed E-state index contributed by atoms with van der Waals surface area (Å²) in [6.45, 7) is 9.50. The molecule has 22 valence electrons. The normalized spacial score (nSPS) is 0.800. The fraction of sp³-hybridized carbons (Fsp3) is 0. The van der Waals surface area contributed by atoms with Gasteiger partial charge in [-0.3, -0.25) is 0 Å². The second kappa shape index (κ2) is 3430. The summed E-state index contributed by atoms with van der Waals surface area (Å²) < 4.78 is 0. The Kier molecular flexibility index (Phi) is 14100. The van der Waals surface area contributed by atoms with E-state index in [0.717, 1.165) is 0 Å². The zero-order chi connectivity index (χ0) is 4.00. The summed E-state index contributed by atoms with van der Waals surface area (Å²) in [5.74, 6) is 0. The maximum Gasteiger partial charge on any atom is 0.181 e. The average Bonchev–Trinajstić information content (AvgIpc) is 1.50. The molecule has 0 aromatic rings.